The van der Waals surface area contributed by atoms with Gasteiger partial charge in [0, 0.05) is 24.3 Å². The summed E-state index contributed by atoms with van der Waals surface area (Å²) in [7, 11) is 0. The van der Waals surface area contributed by atoms with Gasteiger partial charge in [-0.25, -0.2) is 0 Å². The van der Waals surface area contributed by atoms with Crippen LogP contribution in [-0.2, 0) is 32.6 Å². The third-order valence-corrected chi connectivity index (χ3v) is 10.1. The molecule has 0 saturated carbocycles. The number of Topliss-reactive ketones (excluding diaryl/α,β-unsaturated/α-hetero) is 3. The predicted molar refractivity (Wildman–Crippen MR) is 183 cm³/mol. The van der Waals surface area contributed by atoms with Gasteiger partial charge < -0.3 is 4.74 Å². The molecule has 1 aliphatic heterocycles. The molecule has 0 bridgehead atoms. The number of ether oxygens (including phenoxy) is 1. The second-order valence-electron chi connectivity index (χ2n) is 14.9. The van der Waals surface area contributed by atoms with Crippen LogP contribution >= 0.6 is 0 Å². The highest BCUT2D eigenvalue weighted by atomic mass is 16.5. The molecule has 1 saturated heterocycles. The molecule has 45 heavy (non-hydrogen) atoms. The predicted octanol–water partition coefficient (Wildman–Crippen LogP) is 8.79. The van der Waals surface area contributed by atoms with Crippen molar-refractivity contribution >= 4 is 17.3 Å². The van der Waals surface area contributed by atoms with Crippen LogP contribution in [0, 0.1) is 44.4 Å². The van der Waals surface area contributed by atoms with E-state index in [1.54, 1.807) is 0 Å². The van der Waals surface area contributed by atoms with Gasteiger partial charge in [0.1, 0.15) is 11.6 Å². The Morgan fingerprint density at radius 1 is 0.933 bits per heavy atom. The fraction of sp³-hybridized carbons (Fsp3) is 0.488. The Labute approximate surface area is 271 Å². The molecular weight excluding hydrogens is 556 g/mol. The van der Waals surface area contributed by atoms with E-state index in [2.05, 4.69) is 58.0 Å². The summed E-state index contributed by atoms with van der Waals surface area (Å²) in [6, 6.07) is 22.4. The Morgan fingerprint density at radius 2 is 1.62 bits per heavy atom. The van der Waals surface area contributed by atoms with Crippen molar-refractivity contribution < 1.29 is 19.1 Å². The highest BCUT2D eigenvalue weighted by Crippen LogP contribution is 2.41. The first-order chi connectivity index (χ1) is 21.1. The maximum absolute atomic E-state index is 14.4. The lowest BCUT2D eigenvalue weighted by molar-refractivity contribution is -0.135. The van der Waals surface area contributed by atoms with Gasteiger partial charge in [-0.3, -0.25) is 14.4 Å². The summed E-state index contributed by atoms with van der Waals surface area (Å²) in [4.78, 5) is 42.1. The van der Waals surface area contributed by atoms with E-state index in [1.807, 2.05) is 71.0 Å². The summed E-state index contributed by atoms with van der Waals surface area (Å²) in [5.41, 5.74) is 6.77. The molecule has 1 aliphatic rings. The molecular formula is C41H52O4. The SMILES string of the molecule is Cc1ccc(CCC(=O)C2C(C(=O)C(C)C(CC(=O)c3cccc(C)c3C)Cc3ccccc3)COC2(C)C)c(C(C)(C)C)c1. The van der Waals surface area contributed by atoms with Crippen molar-refractivity contribution in [3.05, 3.63) is 106 Å². The molecule has 0 N–H and O–H groups in total. The average Bonchev–Trinajstić information content (AvgIpc) is 3.31. The number of carbonyl (C=O) groups is 3. The maximum atomic E-state index is 14.4. The Kier molecular flexibility index (Phi) is 10.7. The summed E-state index contributed by atoms with van der Waals surface area (Å²) in [6.07, 6.45) is 1.88. The molecule has 3 aromatic rings. The third kappa shape index (κ3) is 8.08. The van der Waals surface area contributed by atoms with Crippen LogP contribution in [0.15, 0.2) is 66.7 Å². The topological polar surface area (TPSA) is 60.4 Å². The number of rotatable bonds is 12. The lowest BCUT2D eigenvalue weighted by Gasteiger charge is -2.30. The highest BCUT2D eigenvalue weighted by Gasteiger charge is 2.51. The molecule has 4 heteroatoms. The first-order valence-electron chi connectivity index (χ1n) is 16.5. The van der Waals surface area contributed by atoms with Crippen molar-refractivity contribution in [1.29, 1.82) is 0 Å². The molecule has 0 aliphatic carbocycles. The van der Waals surface area contributed by atoms with E-state index in [4.69, 9.17) is 4.74 Å². The minimum atomic E-state index is -0.735. The molecule has 1 fully saturated rings. The Balaban J connectivity index is 1.57. The molecule has 4 atom stereocenters. The normalized spacial score (nSPS) is 19.2. The third-order valence-electron chi connectivity index (χ3n) is 10.1. The van der Waals surface area contributed by atoms with E-state index in [0.717, 1.165) is 22.3 Å². The van der Waals surface area contributed by atoms with Crippen molar-refractivity contribution in [2.75, 3.05) is 6.61 Å². The van der Waals surface area contributed by atoms with Crippen LogP contribution in [0.1, 0.15) is 98.1 Å². The van der Waals surface area contributed by atoms with Crippen molar-refractivity contribution in [3.8, 4) is 0 Å². The molecule has 4 rings (SSSR count). The van der Waals surface area contributed by atoms with Crippen LogP contribution in [0.5, 0.6) is 0 Å². The first kappa shape index (κ1) is 34.5. The summed E-state index contributed by atoms with van der Waals surface area (Å²) < 4.78 is 6.17. The fourth-order valence-corrected chi connectivity index (χ4v) is 7.17. The number of carbonyl (C=O) groups excluding carboxylic acids is 3. The van der Waals surface area contributed by atoms with Gasteiger partial charge in [-0.2, -0.15) is 0 Å². The van der Waals surface area contributed by atoms with Crippen molar-refractivity contribution in [2.45, 2.75) is 99.0 Å². The lowest BCUT2D eigenvalue weighted by atomic mass is 9.71. The summed E-state index contributed by atoms with van der Waals surface area (Å²) in [5, 5.41) is 0. The molecule has 0 radical (unpaired) electrons. The van der Waals surface area contributed by atoms with Crippen LogP contribution in [-0.4, -0.2) is 29.6 Å². The minimum Gasteiger partial charge on any atom is -0.374 e. The van der Waals surface area contributed by atoms with E-state index < -0.39 is 23.4 Å². The van der Waals surface area contributed by atoms with Crippen molar-refractivity contribution in [3.63, 3.8) is 0 Å². The van der Waals surface area contributed by atoms with E-state index >= 15 is 0 Å². The van der Waals surface area contributed by atoms with Gasteiger partial charge in [-0.15, -0.1) is 0 Å². The molecule has 4 unspecified atom stereocenters. The monoisotopic (exact) mass is 608 g/mol. The van der Waals surface area contributed by atoms with Crippen LogP contribution in [0.4, 0.5) is 0 Å². The van der Waals surface area contributed by atoms with Crippen LogP contribution in [0.3, 0.4) is 0 Å². The maximum Gasteiger partial charge on any atom is 0.163 e. The molecule has 0 aromatic heterocycles. The molecule has 1 heterocycles. The molecule has 240 valence electrons. The van der Waals surface area contributed by atoms with Gasteiger partial charge in [0.15, 0.2) is 5.78 Å². The summed E-state index contributed by atoms with van der Waals surface area (Å²) in [5.74, 6) is -1.51. The standard InChI is InChI=1S/C41H52O4/c1-26-18-19-31(35(22-26)40(5,6)7)20-21-36(42)38-34(25-45-41(38,8)9)39(44)29(4)32(23-30-15-11-10-12-16-30)24-37(43)33-17-13-14-27(2)28(33)3/h10-19,22,29,32,34,38H,20-21,23-25H2,1-9H3. The van der Waals surface area contributed by atoms with Gasteiger partial charge in [-0.05, 0) is 86.6 Å². The zero-order valence-corrected chi connectivity index (χ0v) is 28.8. The van der Waals surface area contributed by atoms with Crippen LogP contribution in [0.2, 0.25) is 0 Å². The Bertz CT molecular complexity index is 1520. The zero-order chi connectivity index (χ0) is 33.1. The second-order valence-corrected chi connectivity index (χ2v) is 14.9. The Morgan fingerprint density at radius 3 is 2.29 bits per heavy atom. The van der Waals surface area contributed by atoms with Gasteiger partial charge >= 0.3 is 0 Å². The van der Waals surface area contributed by atoms with Gasteiger partial charge in [-0.1, -0.05) is 100.0 Å². The highest BCUT2D eigenvalue weighted by molar-refractivity contribution is 5.98. The zero-order valence-electron chi connectivity index (χ0n) is 28.8. The van der Waals surface area contributed by atoms with Crippen LogP contribution in [0.25, 0.3) is 0 Å². The van der Waals surface area contributed by atoms with E-state index in [0.29, 0.717) is 19.3 Å². The largest absolute Gasteiger partial charge is 0.374 e. The second kappa shape index (κ2) is 14.0. The number of benzene rings is 3. The first-order valence-corrected chi connectivity index (χ1v) is 16.5. The molecule has 4 nitrogen and oxygen atoms in total. The number of hydrogen-bond donors (Lipinski definition) is 0. The number of hydrogen-bond acceptors (Lipinski definition) is 4. The number of aryl methyl sites for hydroxylation is 3. The van der Waals surface area contributed by atoms with Crippen molar-refractivity contribution in [1.82, 2.24) is 0 Å². The van der Waals surface area contributed by atoms with Crippen LogP contribution < -0.4 is 0 Å². The quantitative estimate of drug-likeness (QED) is 0.193. The molecule has 0 spiro atoms. The van der Waals surface area contributed by atoms with E-state index in [-0.39, 0.29) is 41.7 Å². The molecule has 0 amide bonds. The van der Waals surface area contributed by atoms with E-state index in [1.165, 1.54) is 16.7 Å². The average molecular weight is 609 g/mol. The van der Waals surface area contributed by atoms with Gasteiger partial charge in [0.05, 0.1) is 24.0 Å². The fourth-order valence-electron chi connectivity index (χ4n) is 7.17. The summed E-state index contributed by atoms with van der Waals surface area (Å²) in [6.45, 7) is 18.8. The summed E-state index contributed by atoms with van der Waals surface area (Å²) >= 11 is 0. The Hall–Kier alpha value is -3.37. The number of ketones is 3. The minimum absolute atomic E-state index is 0.0272. The van der Waals surface area contributed by atoms with Crippen molar-refractivity contribution in [2.24, 2.45) is 23.7 Å². The van der Waals surface area contributed by atoms with Gasteiger partial charge in [0.25, 0.3) is 0 Å². The molecule has 3 aromatic carbocycles. The smallest absolute Gasteiger partial charge is 0.163 e. The lowest BCUT2D eigenvalue weighted by Crippen LogP contribution is -2.41. The van der Waals surface area contributed by atoms with E-state index in [9.17, 15) is 14.4 Å². The van der Waals surface area contributed by atoms with Gasteiger partial charge in [0.2, 0.25) is 0 Å².